The number of hydrogen-bond acceptors (Lipinski definition) is 5. The van der Waals surface area contributed by atoms with E-state index in [4.69, 9.17) is 0 Å². The van der Waals surface area contributed by atoms with Gasteiger partial charge in [0.05, 0.1) is 18.2 Å². The maximum atomic E-state index is 13.7. The quantitative estimate of drug-likeness (QED) is 0.708. The lowest BCUT2D eigenvalue weighted by molar-refractivity contribution is 0.125. The number of rotatable bonds is 5. The van der Waals surface area contributed by atoms with Crippen LogP contribution in [0.4, 0.5) is 0 Å². The Morgan fingerprint density at radius 3 is 2.47 bits per heavy atom. The van der Waals surface area contributed by atoms with Crippen LogP contribution in [-0.4, -0.2) is 57.7 Å². The summed E-state index contributed by atoms with van der Waals surface area (Å²) >= 11 is 0. The summed E-state index contributed by atoms with van der Waals surface area (Å²) in [5.41, 5.74) is 3.00. The zero-order valence-corrected chi connectivity index (χ0v) is 17.5. The molecule has 4 rings (SSSR count). The number of likely N-dealkylation sites (N-methyl/N-ethyl adjacent to an activating group) is 1. The molecule has 3 aromatic rings. The molecule has 1 aliphatic rings. The van der Waals surface area contributed by atoms with Gasteiger partial charge in [0.1, 0.15) is 5.75 Å². The van der Waals surface area contributed by atoms with E-state index >= 15 is 0 Å². The van der Waals surface area contributed by atoms with Crippen molar-refractivity contribution in [3.05, 3.63) is 93.7 Å². The molecule has 1 N–H and O–H groups in total. The molecule has 1 aromatic carbocycles. The van der Waals surface area contributed by atoms with Gasteiger partial charge in [-0.1, -0.05) is 36.4 Å². The average Bonchev–Trinajstić information content (AvgIpc) is 2.76. The third-order valence-electron chi connectivity index (χ3n) is 5.88. The van der Waals surface area contributed by atoms with E-state index in [2.05, 4.69) is 21.8 Å². The lowest BCUT2D eigenvalue weighted by Gasteiger charge is -2.38. The number of pyridine rings is 2. The molecule has 0 aliphatic carbocycles. The standard InChI is InChI=1S/C24H28N4O2/c1-18-15-21(29)22(24(30)28(18)17-19-7-6-10-25-16-19)23(20-8-4-3-5-9-20)27-13-11-26(2)12-14-27/h3-10,15-16,23,29H,11-14,17H2,1-2H3. The van der Waals surface area contributed by atoms with Crippen LogP contribution < -0.4 is 5.56 Å². The van der Waals surface area contributed by atoms with Gasteiger partial charge in [-0.15, -0.1) is 0 Å². The van der Waals surface area contributed by atoms with Gasteiger partial charge in [0.25, 0.3) is 5.56 Å². The molecule has 6 nitrogen and oxygen atoms in total. The minimum atomic E-state index is -0.284. The Balaban J connectivity index is 1.82. The average molecular weight is 405 g/mol. The maximum Gasteiger partial charge on any atom is 0.259 e. The van der Waals surface area contributed by atoms with E-state index in [9.17, 15) is 9.90 Å². The lowest BCUT2D eigenvalue weighted by atomic mass is 9.96. The molecular formula is C24H28N4O2. The lowest BCUT2D eigenvalue weighted by Crippen LogP contribution is -2.47. The fourth-order valence-electron chi connectivity index (χ4n) is 4.17. The Labute approximate surface area is 177 Å². The largest absolute Gasteiger partial charge is 0.507 e. The topological polar surface area (TPSA) is 61.6 Å². The molecule has 1 unspecified atom stereocenters. The van der Waals surface area contributed by atoms with Gasteiger partial charge in [0, 0.05) is 44.3 Å². The highest BCUT2D eigenvalue weighted by molar-refractivity contribution is 5.41. The van der Waals surface area contributed by atoms with Crippen LogP contribution in [0.3, 0.4) is 0 Å². The highest BCUT2D eigenvalue weighted by Crippen LogP contribution is 2.33. The predicted octanol–water partition coefficient (Wildman–Crippen LogP) is 2.64. The van der Waals surface area contributed by atoms with Crippen molar-refractivity contribution in [2.45, 2.75) is 19.5 Å². The summed E-state index contributed by atoms with van der Waals surface area (Å²) in [5, 5.41) is 10.9. The van der Waals surface area contributed by atoms with Gasteiger partial charge in [-0.25, -0.2) is 0 Å². The van der Waals surface area contributed by atoms with E-state index in [1.807, 2.05) is 49.4 Å². The molecule has 1 fully saturated rings. The first-order chi connectivity index (χ1) is 14.5. The van der Waals surface area contributed by atoms with Crippen molar-refractivity contribution >= 4 is 0 Å². The van der Waals surface area contributed by atoms with E-state index in [0.29, 0.717) is 12.1 Å². The second kappa shape index (κ2) is 8.81. The monoisotopic (exact) mass is 404 g/mol. The van der Waals surface area contributed by atoms with Crippen molar-refractivity contribution in [1.82, 2.24) is 19.4 Å². The molecule has 1 aliphatic heterocycles. The Bertz CT molecular complexity index is 1040. The van der Waals surface area contributed by atoms with Gasteiger partial charge < -0.3 is 14.6 Å². The Morgan fingerprint density at radius 2 is 1.80 bits per heavy atom. The van der Waals surface area contributed by atoms with Crippen molar-refractivity contribution in [3.63, 3.8) is 0 Å². The first kappa shape index (κ1) is 20.3. The van der Waals surface area contributed by atoms with Crippen molar-refractivity contribution < 1.29 is 5.11 Å². The van der Waals surface area contributed by atoms with Crippen LogP contribution in [0.15, 0.2) is 65.7 Å². The molecule has 6 heteroatoms. The van der Waals surface area contributed by atoms with E-state index in [0.717, 1.165) is 43.0 Å². The number of aromatic hydroxyl groups is 1. The smallest absolute Gasteiger partial charge is 0.259 e. The number of aromatic nitrogens is 2. The summed E-state index contributed by atoms with van der Waals surface area (Å²) in [6, 6.07) is 15.3. The van der Waals surface area contributed by atoms with Gasteiger partial charge in [-0.2, -0.15) is 0 Å². The minimum absolute atomic E-state index is 0.0627. The molecule has 156 valence electrons. The van der Waals surface area contributed by atoms with Crippen LogP contribution in [0.25, 0.3) is 0 Å². The molecule has 1 saturated heterocycles. The molecule has 3 heterocycles. The predicted molar refractivity (Wildman–Crippen MR) is 118 cm³/mol. The Morgan fingerprint density at radius 1 is 1.07 bits per heavy atom. The summed E-state index contributed by atoms with van der Waals surface area (Å²) in [7, 11) is 2.11. The first-order valence-electron chi connectivity index (χ1n) is 10.3. The summed E-state index contributed by atoms with van der Waals surface area (Å²) in [5.74, 6) is 0.0627. The molecule has 1 atom stereocenters. The highest BCUT2D eigenvalue weighted by Gasteiger charge is 2.30. The van der Waals surface area contributed by atoms with Crippen LogP contribution in [0.1, 0.15) is 28.4 Å². The van der Waals surface area contributed by atoms with Gasteiger partial charge in [-0.3, -0.25) is 14.7 Å². The van der Waals surface area contributed by atoms with Crippen molar-refractivity contribution in [2.24, 2.45) is 0 Å². The SMILES string of the molecule is Cc1cc(O)c(C(c2ccccc2)N2CCN(C)CC2)c(=O)n1Cc1cccnc1. The highest BCUT2D eigenvalue weighted by atomic mass is 16.3. The van der Waals surface area contributed by atoms with Crippen LogP contribution in [0.5, 0.6) is 5.75 Å². The van der Waals surface area contributed by atoms with E-state index in [1.165, 1.54) is 0 Å². The summed E-state index contributed by atoms with van der Waals surface area (Å²) < 4.78 is 1.73. The fourth-order valence-corrected chi connectivity index (χ4v) is 4.17. The number of benzene rings is 1. The molecule has 0 amide bonds. The van der Waals surface area contributed by atoms with Gasteiger partial charge in [0.15, 0.2) is 0 Å². The van der Waals surface area contributed by atoms with Crippen LogP contribution in [0, 0.1) is 6.92 Å². The molecule has 0 bridgehead atoms. The fraction of sp³-hybridized carbons (Fsp3) is 0.333. The summed E-state index contributed by atoms with van der Waals surface area (Å²) in [4.78, 5) is 22.4. The molecule has 0 spiro atoms. The van der Waals surface area contributed by atoms with Crippen LogP contribution in [0.2, 0.25) is 0 Å². The van der Waals surface area contributed by atoms with E-state index in [1.54, 1.807) is 23.0 Å². The third kappa shape index (κ3) is 4.15. The zero-order chi connectivity index (χ0) is 21.1. The third-order valence-corrected chi connectivity index (χ3v) is 5.88. The van der Waals surface area contributed by atoms with Crippen molar-refractivity contribution in [1.29, 1.82) is 0 Å². The Kier molecular flexibility index (Phi) is 5.97. The number of nitrogens with zero attached hydrogens (tertiary/aromatic N) is 4. The van der Waals surface area contributed by atoms with E-state index < -0.39 is 0 Å². The maximum absolute atomic E-state index is 13.7. The zero-order valence-electron chi connectivity index (χ0n) is 17.5. The molecular weight excluding hydrogens is 376 g/mol. The minimum Gasteiger partial charge on any atom is -0.507 e. The van der Waals surface area contributed by atoms with Gasteiger partial charge in [-0.05, 0) is 37.2 Å². The van der Waals surface area contributed by atoms with Crippen LogP contribution >= 0.6 is 0 Å². The van der Waals surface area contributed by atoms with Crippen molar-refractivity contribution in [3.8, 4) is 5.75 Å². The first-order valence-corrected chi connectivity index (χ1v) is 10.3. The normalized spacial score (nSPS) is 16.5. The van der Waals surface area contributed by atoms with Crippen LogP contribution in [-0.2, 0) is 6.54 Å². The second-order valence-corrected chi connectivity index (χ2v) is 7.99. The molecule has 0 saturated carbocycles. The molecule has 2 aromatic heterocycles. The number of piperazine rings is 1. The molecule has 0 radical (unpaired) electrons. The van der Waals surface area contributed by atoms with Gasteiger partial charge >= 0.3 is 0 Å². The summed E-state index contributed by atoms with van der Waals surface area (Å²) in [6.07, 6.45) is 3.49. The van der Waals surface area contributed by atoms with Gasteiger partial charge in [0.2, 0.25) is 0 Å². The Hall–Kier alpha value is -2.96. The second-order valence-electron chi connectivity index (χ2n) is 7.99. The number of hydrogen-bond donors (Lipinski definition) is 1. The molecule has 30 heavy (non-hydrogen) atoms. The summed E-state index contributed by atoms with van der Waals surface area (Å²) in [6.45, 7) is 5.82. The van der Waals surface area contributed by atoms with Crippen molar-refractivity contribution in [2.75, 3.05) is 33.2 Å². The van der Waals surface area contributed by atoms with E-state index in [-0.39, 0.29) is 17.4 Å². The number of aryl methyl sites for hydroxylation is 1.